The van der Waals surface area contributed by atoms with E-state index in [9.17, 15) is 9.59 Å². The molecule has 54 heavy (non-hydrogen) atoms. The summed E-state index contributed by atoms with van der Waals surface area (Å²) in [5, 5.41) is 3.40. The number of Topliss-reactive ketones (excluding diaryl/α,β-unsaturated/α-hetero) is 1. The molecule has 0 saturated heterocycles. The normalized spacial score (nSPS) is 11.8. The van der Waals surface area contributed by atoms with Crippen molar-refractivity contribution in [1.82, 2.24) is 5.32 Å². The number of anilines is 1. The molecule has 7 rings (SSSR count). The van der Waals surface area contributed by atoms with Gasteiger partial charge in [0.1, 0.15) is 30.5 Å². The number of ketones is 1. The van der Waals surface area contributed by atoms with Gasteiger partial charge in [0, 0.05) is 12.0 Å². The fraction of sp³-hybridized carbons (Fsp3) is 0.174. The van der Waals surface area contributed by atoms with Crippen LogP contribution in [0.2, 0.25) is 0 Å². The largest absolute Gasteiger partial charge is 0.497 e. The third-order valence-corrected chi connectivity index (χ3v) is 9.67. The molecule has 8 nitrogen and oxygen atoms in total. The van der Waals surface area contributed by atoms with Crippen LogP contribution in [0.3, 0.4) is 0 Å². The Kier molecular flexibility index (Phi) is 11.3. The molecule has 1 N–H and O–H groups in total. The Labute approximate surface area is 315 Å². The number of carbonyl (C=O) groups is 2. The molecule has 272 valence electrons. The molecule has 8 heteroatoms. The molecule has 1 aliphatic carbocycles. The molecule has 0 heterocycles. The molecule has 0 radical (unpaired) electrons. The Morgan fingerprint density at radius 1 is 0.667 bits per heavy atom. The molecule has 0 saturated carbocycles. The number of nitrogens with zero attached hydrogens (tertiary/aromatic N) is 1. The zero-order chi connectivity index (χ0) is 37.3. The first-order chi connectivity index (χ1) is 26.5. The number of amides is 1. The van der Waals surface area contributed by atoms with Crippen molar-refractivity contribution in [3.63, 3.8) is 0 Å². The Balaban J connectivity index is 1.02. The first-order valence-corrected chi connectivity index (χ1v) is 17.9. The summed E-state index contributed by atoms with van der Waals surface area (Å²) in [6.45, 7) is 0.431. The van der Waals surface area contributed by atoms with Crippen molar-refractivity contribution in [3.05, 3.63) is 179 Å². The Morgan fingerprint density at radius 3 is 1.83 bits per heavy atom. The quantitative estimate of drug-likeness (QED) is 0.113. The maximum Gasteiger partial charge on any atom is 0.414 e. The summed E-state index contributed by atoms with van der Waals surface area (Å²) in [7, 11) is 3.14. The first kappa shape index (κ1) is 36.0. The van der Waals surface area contributed by atoms with Gasteiger partial charge in [-0.3, -0.25) is 15.0 Å². The lowest BCUT2D eigenvalue weighted by Crippen LogP contribution is -2.32. The summed E-state index contributed by atoms with van der Waals surface area (Å²) in [6.07, 6.45) is -0.511. The van der Waals surface area contributed by atoms with Crippen LogP contribution in [0.1, 0.15) is 39.8 Å². The summed E-state index contributed by atoms with van der Waals surface area (Å²) < 4.78 is 23.1. The van der Waals surface area contributed by atoms with Gasteiger partial charge in [-0.2, -0.15) is 0 Å². The van der Waals surface area contributed by atoms with Gasteiger partial charge in [-0.15, -0.1) is 0 Å². The lowest BCUT2D eigenvalue weighted by molar-refractivity contribution is -0.120. The monoisotopic (exact) mass is 718 g/mol. The fourth-order valence-corrected chi connectivity index (χ4v) is 6.95. The number of nitrogens with one attached hydrogen (secondary N) is 1. The van der Waals surface area contributed by atoms with Gasteiger partial charge in [0.2, 0.25) is 0 Å². The molecule has 0 aliphatic heterocycles. The minimum absolute atomic E-state index is 0.0797. The van der Waals surface area contributed by atoms with Crippen LogP contribution in [-0.4, -0.2) is 45.9 Å². The van der Waals surface area contributed by atoms with Crippen molar-refractivity contribution in [1.29, 1.82) is 0 Å². The summed E-state index contributed by atoms with van der Waals surface area (Å²) in [5.74, 6) is 1.45. The van der Waals surface area contributed by atoms with E-state index in [1.54, 1.807) is 49.5 Å². The van der Waals surface area contributed by atoms with Crippen molar-refractivity contribution in [2.24, 2.45) is 0 Å². The highest BCUT2D eigenvalue weighted by Gasteiger charge is 2.30. The molecule has 0 unspecified atom stereocenters. The summed E-state index contributed by atoms with van der Waals surface area (Å²) in [6, 6.07) is 49.1. The molecule has 1 amide bonds. The standard InChI is InChI=1S/C46H42N2O6/c1-51-37-25-26-43(44(27-37)52-2)48(46(50)54-31-42-40-19-11-9-17-38(40)39-18-10-12-20-41(39)42)29-32-21-23-36(24-22-32)53-30-35(49)28-47-45(33-13-5-3-6-14-33)34-15-7-4-8-16-34/h3-27,42,45,47H,28-31H2,1-2H3. The van der Waals surface area contributed by atoms with Crippen molar-refractivity contribution < 1.29 is 28.5 Å². The minimum atomic E-state index is -0.511. The fourth-order valence-electron chi connectivity index (χ4n) is 6.95. The van der Waals surface area contributed by atoms with Crippen molar-refractivity contribution in [2.75, 3.05) is 38.9 Å². The minimum Gasteiger partial charge on any atom is -0.497 e. The number of hydrogen-bond donors (Lipinski definition) is 1. The van der Waals surface area contributed by atoms with Crippen molar-refractivity contribution in [2.45, 2.75) is 18.5 Å². The number of carbonyl (C=O) groups excluding carboxylic acids is 2. The van der Waals surface area contributed by atoms with E-state index in [0.717, 1.165) is 38.9 Å². The van der Waals surface area contributed by atoms with Crippen LogP contribution < -0.4 is 24.4 Å². The number of benzene rings is 6. The molecule has 0 bridgehead atoms. The first-order valence-electron chi connectivity index (χ1n) is 17.9. The van der Waals surface area contributed by atoms with E-state index in [0.29, 0.717) is 22.9 Å². The van der Waals surface area contributed by atoms with E-state index in [2.05, 4.69) is 29.6 Å². The molecule has 0 atom stereocenters. The number of methoxy groups -OCH3 is 2. The van der Waals surface area contributed by atoms with Gasteiger partial charge in [0.15, 0.2) is 5.78 Å². The molecule has 6 aromatic rings. The smallest absolute Gasteiger partial charge is 0.414 e. The van der Waals surface area contributed by atoms with Gasteiger partial charge in [0.05, 0.1) is 39.0 Å². The highest BCUT2D eigenvalue weighted by molar-refractivity contribution is 5.90. The van der Waals surface area contributed by atoms with E-state index >= 15 is 0 Å². The Bertz CT molecular complexity index is 2100. The van der Waals surface area contributed by atoms with E-state index < -0.39 is 6.09 Å². The molecular weight excluding hydrogens is 677 g/mol. The number of rotatable bonds is 15. The number of fused-ring (bicyclic) bond motifs is 3. The lowest BCUT2D eigenvalue weighted by atomic mass is 9.98. The molecule has 0 fully saturated rings. The van der Waals surface area contributed by atoms with Crippen LogP contribution in [-0.2, 0) is 16.1 Å². The predicted molar refractivity (Wildman–Crippen MR) is 210 cm³/mol. The van der Waals surface area contributed by atoms with Crippen LogP contribution in [0.25, 0.3) is 11.1 Å². The van der Waals surface area contributed by atoms with E-state index in [1.807, 2.05) is 97.1 Å². The van der Waals surface area contributed by atoms with E-state index in [4.69, 9.17) is 18.9 Å². The van der Waals surface area contributed by atoms with Crippen LogP contribution in [0.15, 0.2) is 152 Å². The summed E-state index contributed by atoms with van der Waals surface area (Å²) >= 11 is 0. The Hall–Kier alpha value is -6.38. The van der Waals surface area contributed by atoms with Crippen molar-refractivity contribution >= 4 is 17.6 Å². The van der Waals surface area contributed by atoms with Gasteiger partial charge >= 0.3 is 6.09 Å². The highest BCUT2D eigenvalue weighted by Crippen LogP contribution is 2.45. The predicted octanol–water partition coefficient (Wildman–Crippen LogP) is 8.99. The highest BCUT2D eigenvalue weighted by atomic mass is 16.6. The molecule has 0 aromatic heterocycles. The van der Waals surface area contributed by atoms with E-state index in [1.165, 1.54) is 0 Å². The third-order valence-electron chi connectivity index (χ3n) is 9.67. The van der Waals surface area contributed by atoms with Crippen LogP contribution in [0.5, 0.6) is 17.2 Å². The van der Waals surface area contributed by atoms with Gasteiger partial charge in [0.25, 0.3) is 0 Å². The van der Waals surface area contributed by atoms with Crippen LogP contribution in [0, 0.1) is 0 Å². The lowest BCUT2D eigenvalue weighted by Gasteiger charge is -2.25. The maximum absolute atomic E-state index is 14.0. The number of ether oxygens (including phenoxy) is 4. The third kappa shape index (κ3) is 8.14. The SMILES string of the molecule is COc1ccc(N(Cc2ccc(OCC(=O)CNC(c3ccccc3)c3ccccc3)cc2)C(=O)OCC2c3ccccc3-c3ccccc32)c(OC)c1. The Morgan fingerprint density at radius 2 is 1.24 bits per heavy atom. The zero-order valence-electron chi connectivity index (χ0n) is 30.3. The van der Waals surface area contributed by atoms with E-state index in [-0.39, 0.29) is 44.0 Å². The van der Waals surface area contributed by atoms with Crippen LogP contribution >= 0.6 is 0 Å². The molecular formula is C46H42N2O6. The van der Waals surface area contributed by atoms with Gasteiger partial charge in [-0.1, -0.05) is 121 Å². The van der Waals surface area contributed by atoms with Gasteiger partial charge < -0.3 is 18.9 Å². The maximum atomic E-state index is 14.0. The molecule has 1 aliphatic rings. The topological polar surface area (TPSA) is 86.3 Å². The van der Waals surface area contributed by atoms with Crippen LogP contribution in [0.4, 0.5) is 10.5 Å². The second kappa shape index (κ2) is 17.0. The molecule has 0 spiro atoms. The van der Waals surface area contributed by atoms with Gasteiger partial charge in [-0.25, -0.2) is 4.79 Å². The second-order valence-corrected chi connectivity index (χ2v) is 13.0. The summed E-state index contributed by atoms with van der Waals surface area (Å²) in [5.41, 5.74) is 8.11. The molecule has 6 aromatic carbocycles. The van der Waals surface area contributed by atoms with Gasteiger partial charge in [-0.05, 0) is 63.2 Å². The average Bonchev–Trinajstić information content (AvgIpc) is 3.55. The zero-order valence-corrected chi connectivity index (χ0v) is 30.3. The van der Waals surface area contributed by atoms with Crippen molar-refractivity contribution in [3.8, 4) is 28.4 Å². The summed E-state index contributed by atoms with van der Waals surface area (Å²) in [4.78, 5) is 28.6. The second-order valence-electron chi connectivity index (χ2n) is 13.0. The average molecular weight is 719 g/mol. The number of hydrogen-bond acceptors (Lipinski definition) is 7.